The van der Waals surface area contributed by atoms with E-state index in [-0.39, 0.29) is 66.8 Å². The Labute approximate surface area is 439 Å². The molecule has 0 aliphatic rings. The minimum absolute atomic E-state index is 0.110. The zero-order valence-electron chi connectivity index (χ0n) is 38.8. The minimum Gasteiger partial charge on any atom is -0.478 e. The van der Waals surface area contributed by atoms with Crippen molar-refractivity contribution in [1.82, 2.24) is 0 Å². The van der Waals surface area contributed by atoms with Crippen LogP contribution in [0, 0.1) is 0 Å². The fourth-order valence-corrected chi connectivity index (χ4v) is 10.6. The first-order valence-electron chi connectivity index (χ1n) is 21.6. The summed E-state index contributed by atoms with van der Waals surface area (Å²) < 4.78 is 136. The number of azo groups is 2. The van der Waals surface area contributed by atoms with Crippen molar-refractivity contribution in [3.05, 3.63) is 179 Å². The number of aromatic carboxylic acids is 2. The van der Waals surface area contributed by atoms with Gasteiger partial charge in [-0.15, -0.1) is 0 Å². The molecular weight excluding hydrogens is 1100 g/mol. The number of rotatable bonds is 16. The van der Waals surface area contributed by atoms with Crippen molar-refractivity contribution in [3.8, 4) is 0 Å². The lowest BCUT2D eigenvalue weighted by Crippen LogP contribution is -2.18. The first-order chi connectivity index (χ1) is 36.6. The van der Waals surface area contributed by atoms with Gasteiger partial charge in [0.05, 0.1) is 45.0 Å². The van der Waals surface area contributed by atoms with Crippen LogP contribution in [0.5, 0.6) is 0 Å². The summed E-state index contributed by atoms with van der Waals surface area (Å²) in [7, 11) is -19.6. The second-order valence-corrected chi connectivity index (χ2v) is 21.9. The molecule has 396 valence electrons. The summed E-state index contributed by atoms with van der Waals surface area (Å²) in [4.78, 5) is 62.5. The van der Waals surface area contributed by atoms with Gasteiger partial charge in [0, 0.05) is 44.0 Å². The van der Waals surface area contributed by atoms with Gasteiger partial charge in [0.2, 0.25) is 0 Å². The summed E-state index contributed by atoms with van der Waals surface area (Å²) in [5.41, 5.74) is -2.66. The number of hydrogen-bond donors (Lipinski definition) is 8. The molecule has 0 heterocycles. The van der Waals surface area contributed by atoms with Crippen molar-refractivity contribution in [2.75, 3.05) is 10.6 Å². The van der Waals surface area contributed by atoms with Crippen molar-refractivity contribution >= 4 is 126 Å². The number of carbonyl (C=O) groups is 5. The van der Waals surface area contributed by atoms with Gasteiger partial charge < -0.3 is 20.8 Å². The maximum atomic E-state index is 13.7. The molecule has 0 atom stereocenters. The van der Waals surface area contributed by atoms with Crippen molar-refractivity contribution in [2.45, 2.75) is 19.6 Å². The predicted octanol–water partition coefficient (Wildman–Crippen LogP) is 8.94. The maximum Gasteiger partial charge on any atom is 0.336 e. The van der Waals surface area contributed by atoms with Crippen molar-refractivity contribution in [2.24, 2.45) is 20.5 Å². The highest BCUT2D eigenvalue weighted by Gasteiger charge is 2.26. The van der Waals surface area contributed by atoms with Crippen LogP contribution in [0.1, 0.15) is 57.4 Å². The molecule has 29 heteroatoms. The quantitative estimate of drug-likeness (QED) is 0.0254. The van der Waals surface area contributed by atoms with E-state index in [0.29, 0.717) is 0 Å². The van der Waals surface area contributed by atoms with Crippen LogP contribution in [-0.4, -0.2) is 91.6 Å². The number of amides is 2. The zero-order valence-corrected chi connectivity index (χ0v) is 42.0. The molecule has 0 saturated carbocycles. The van der Waals surface area contributed by atoms with Gasteiger partial charge in [0.25, 0.3) is 52.3 Å². The molecule has 25 nitrogen and oxygen atoms in total. The molecule has 0 radical (unpaired) electrons. The molecule has 8 rings (SSSR count). The standard InChI is InChI=1S/C49H32N6O19S4/c56-45(25-7-17-35(39(19-25)48(59)60)46(57)50-27-9-13-29(14-10-27)52-54-31-21-37-33(43(23-31)77(69,70)71)3-1-5-41(37)75(63,64)65)26-8-18-36(40(20-26)49(61)62)47(58)51-28-11-15-30(16-12-28)53-55-32-22-38-34(44(24-32)78(72,73)74)4-2-6-42(38)76(66,67)68/h1-24H,(H,50,57)(H,51,58)(H,59,60)(H,61,62)(H,63,64,65)(H,66,67,68)(H,69,70,71)(H,72,73,74). The third-order valence-electron chi connectivity index (χ3n) is 11.2. The predicted molar refractivity (Wildman–Crippen MR) is 275 cm³/mol. The average Bonchev–Trinajstić information content (AvgIpc) is 3.59. The molecule has 0 aromatic heterocycles. The molecular formula is C49H32N6O19S4. The number of carbonyl (C=O) groups excluding carboxylic acids is 3. The molecule has 8 aromatic rings. The Balaban J connectivity index is 0.951. The van der Waals surface area contributed by atoms with Crippen LogP contribution in [0.2, 0.25) is 0 Å². The highest BCUT2D eigenvalue weighted by molar-refractivity contribution is 7.87. The van der Waals surface area contributed by atoms with Crippen LogP contribution in [0.4, 0.5) is 34.1 Å². The van der Waals surface area contributed by atoms with E-state index >= 15 is 0 Å². The Morgan fingerprint density at radius 1 is 0.346 bits per heavy atom. The Kier molecular flexibility index (Phi) is 14.8. The number of nitrogens with one attached hydrogen (secondary N) is 2. The third-order valence-corrected chi connectivity index (χ3v) is 14.9. The average molecular weight is 1140 g/mol. The number of nitrogens with zero attached hydrogens (tertiary/aromatic N) is 4. The van der Waals surface area contributed by atoms with Crippen molar-refractivity contribution < 1.29 is 86.1 Å². The number of carboxylic acid groups (broad SMARTS) is 2. The van der Waals surface area contributed by atoms with Gasteiger partial charge in [-0.3, -0.25) is 32.6 Å². The minimum atomic E-state index is -4.93. The Morgan fingerprint density at radius 3 is 1.00 bits per heavy atom. The van der Waals surface area contributed by atoms with Gasteiger partial charge in [-0.1, -0.05) is 36.4 Å². The largest absolute Gasteiger partial charge is 0.478 e. The summed E-state index contributed by atoms with van der Waals surface area (Å²) >= 11 is 0. The van der Waals surface area contributed by atoms with Crippen molar-refractivity contribution in [3.63, 3.8) is 0 Å². The smallest absolute Gasteiger partial charge is 0.336 e. The molecule has 0 aliphatic heterocycles. The van der Waals surface area contributed by atoms with E-state index in [0.717, 1.165) is 84.9 Å². The molecule has 2 amide bonds. The molecule has 0 unspecified atom stereocenters. The first kappa shape index (κ1) is 54.9. The van der Waals surface area contributed by atoms with E-state index in [1.165, 1.54) is 60.7 Å². The van der Waals surface area contributed by atoms with Gasteiger partial charge in [-0.05, 0) is 109 Å². The Hall–Kier alpha value is -9.33. The van der Waals surface area contributed by atoms with Crippen LogP contribution in [0.25, 0.3) is 21.5 Å². The number of benzene rings is 8. The first-order valence-corrected chi connectivity index (χ1v) is 27.3. The van der Waals surface area contributed by atoms with Gasteiger partial charge in [-0.2, -0.15) is 54.1 Å². The fourth-order valence-electron chi connectivity index (χ4n) is 7.75. The Bertz CT molecular complexity index is 4160. The third kappa shape index (κ3) is 12.0. The molecule has 0 saturated heterocycles. The number of hydrogen-bond acceptors (Lipinski definition) is 17. The number of fused-ring (bicyclic) bond motifs is 2. The number of ketones is 1. The molecule has 0 bridgehead atoms. The summed E-state index contributed by atoms with van der Waals surface area (Å²) in [6.07, 6.45) is 0. The highest BCUT2D eigenvalue weighted by atomic mass is 32.2. The summed E-state index contributed by atoms with van der Waals surface area (Å²) in [6.45, 7) is 0. The zero-order chi connectivity index (χ0) is 56.6. The monoisotopic (exact) mass is 1140 g/mol. The Morgan fingerprint density at radius 2 is 0.679 bits per heavy atom. The molecule has 8 N–H and O–H groups in total. The molecule has 8 aromatic carbocycles. The van der Waals surface area contributed by atoms with Crippen LogP contribution in [0.3, 0.4) is 0 Å². The summed E-state index contributed by atoms with van der Waals surface area (Å²) in [5.74, 6) is -6.01. The van der Waals surface area contributed by atoms with Gasteiger partial charge in [0.15, 0.2) is 5.78 Å². The van der Waals surface area contributed by atoms with Crippen LogP contribution >= 0.6 is 0 Å². The normalized spacial score (nSPS) is 12.3. The number of anilines is 2. The van der Waals surface area contributed by atoms with Crippen LogP contribution in [-0.2, 0) is 40.5 Å². The molecule has 0 aliphatic carbocycles. The van der Waals surface area contributed by atoms with Crippen LogP contribution in [0.15, 0.2) is 186 Å². The summed E-state index contributed by atoms with van der Waals surface area (Å²) in [5, 5.41) is 39.9. The van der Waals surface area contributed by atoms with E-state index in [1.807, 2.05) is 0 Å². The number of carboxylic acids is 2. The van der Waals surface area contributed by atoms with Crippen molar-refractivity contribution in [1.29, 1.82) is 0 Å². The SMILES string of the molecule is O=C(c1ccc(C(=O)Nc2ccc(N=Nc3cc(S(=O)(=O)O)c4cccc(S(=O)(=O)O)c4c3)cc2)c(C(=O)O)c1)c1ccc(C(=O)Nc2ccc(N=Nc3cc(S(=O)(=O)O)c4cccc(S(=O)(=O)O)c4c3)cc2)c(C(=O)O)c1. The van der Waals surface area contributed by atoms with Gasteiger partial charge in [-0.25, -0.2) is 9.59 Å². The summed E-state index contributed by atoms with van der Waals surface area (Å²) in [6, 6.07) is 27.6. The molecule has 0 fully saturated rings. The van der Waals surface area contributed by atoms with E-state index in [2.05, 4.69) is 31.1 Å². The second-order valence-electron chi connectivity index (χ2n) is 16.4. The van der Waals surface area contributed by atoms with E-state index in [4.69, 9.17) is 0 Å². The maximum absolute atomic E-state index is 13.7. The van der Waals surface area contributed by atoms with E-state index in [1.54, 1.807) is 0 Å². The fraction of sp³-hybridized carbons (Fsp3) is 0. The highest BCUT2D eigenvalue weighted by Crippen LogP contribution is 2.36. The van der Waals surface area contributed by atoms with E-state index < -0.39 is 112 Å². The lowest BCUT2D eigenvalue weighted by Gasteiger charge is -2.12. The lowest BCUT2D eigenvalue weighted by molar-refractivity contribution is 0.0683. The van der Waals surface area contributed by atoms with Crippen LogP contribution < -0.4 is 10.6 Å². The van der Waals surface area contributed by atoms with E-state index in [9.17, 15) is 86.1 Å². The van der Waals surface area contributed by atoms with Gasteiger partial charge >= 0.3 is 11.9 Å². The lowest BCUT2D eigenvalue weighted by atomic mass is 9.95. The van der Waals surface area contributed by atoms with Gasteiger partial charge in [0.1, 0.15) is 19.6 Å². The topological polar surface area (TPSA) is 417 Å². The molecule has 78 heavy (non-hydrogen) atoms. The molecule has 0 spiro atoms. The second kappa shape index (κ2) is 21.0.